The van der Waals surface area contributed by atoms with Crippen LogP contribution in [0.4, 0.5) is 5.69 Å². The Hall–Kier alpha value is -1.60. The minimum Gasteiger partial charge on any atom is -0.455 e. The summed E-state index contributed by atoms with van der Waals surface area (Å²) in [6, 6.07) is 7.12. The molecule has 0 radical (unpaired) electrons. The summed E-state index contributed by atoms with van der Waals surface area (Å²) in [4.78, 5) is 14.6. The number of amides is 1. The third-order valence-corrected chi connectivity index (χ3v) is 5.23. The van der Waals surface area contributed by atoms with E-state index in [2.05, 4.69) is 15.9 Å². The third kappa shape index (κ3) is 3.57. The Bertz CT molecular complexity index is 901. The predicted octanol–water partition coefficient (Wildman–Crippen LogP) is 3.49. The zero-order chi connectivity index (χ0) is 17.5. The average Bonchev–Trinajstić information content (AvgIpc) is 2.91. The Morgan fingerprint density at radius 3 is 2.79 bits per heavy atom. The molecular weight excluding hydrogens is 394 g/mol. The van der Waals surface area contributed by atoms with E-state index in [-0.39, 0.29) is 23.2 Å². The average molecular weight is 412 g/mol. The van der Waals surface area contributed by atoms with Crippen molar-refractivity contribution in [2.75, 3.05) is 17.7 Å². The lowest BCUT2D eigenvalue weighted by molar-refractivity contribution is 0.0956. The number of nitrogens with zero attached hydrogens (tertiary/aromatic N) is 1. The quantitative estimate of drug-likeness (QED) is 0.774. The zero-order valence-corrected chi connectivity index (χ0v) is 15.9. The van der Waals surface area contributed by atoms with Gasteiger partial charge in [-0.15, -0.1) is 0 Å². The number of fused-ring (bicyclic) bond motifs is 1. The number of hydrogen-bond donors (Lipinski definition) is 0. The molecule has 2 heterocycles. The van der Waals surface area contributed by atoms with Crippen LogP contribution in [0.3, 0.4) is 0 Å². The number of benzene rings is 1. The van der Waals surface area contributed by atoms with Crippen LogP contribution in [0.15, 0.2) is 33.2 Å². The molecule has 0 fully saturated rings. The van der Waals surface area contributed by atoms with Crippen LogP contribution < -0.4 is 4.90 Å². The van der Waals surface area contributed by atoms with Crippen molar-refractivity contribution < 1.29 is 17.6 Å². The maximum Gasteiger partial charge on any atom is 0.293 e. The van der Waals surface area contributed by atoms with E-state index >= 15 is 0 Å². The number of sulfone groups is 1. The van der Waals surface area contributed by atoms with Gasteiger partial charge in [-0.05, 0) is 55.2 Å². The third-order valence-electron chi connectivity index (χ3n) is 3.96. The fourth-order valence-electron chi connectivity index (χ4n) is 3.09. The van der Waals surface area contributed by atoms with Gasteiger partial charge in [0.2, 0.25) is 0 Å². The molecule has 0 bridgehead atoms. The van der Waals surface area contributed by atoms with Crippen LogP contribution in [-0.4, -0.2) is 27.1 Å². The first-order valence-electron chi connectivity index (χ1n) is 7.62. The Balaban J connectivity index is 1.93. The Morgan fingerprint density at radius 1 is 1.33 bits per heavy atom. The SMILES string of the molecule is Cc1cc(Br)cc2c1N(C(=O)c1ccc(CS(C)(=O)=O)o1)CCC2. The number of halogens is 1. The molecule has 5 nitrogen and oxygen atoms in total. The van der Waals surface area contributed by atoms with Gasteiger partial charge in [0.25, 0.3) is 5.91 Å². The minimum atomic E-state index is -3.20. The van der Waals surface area contributed by atoms with Crippen LogP contribution >= 0.6 is 15.9 Å². The van der Waals surface area contributed by atoms with Crippen LogP contribution in [0, 0.1) is 6.92 Å². The summed E-state index contributed by atoms with van der Waals surface area (Å²) in [5, 5.41) is 0. The largest absolute Gasteiger partial charge is 0.455 e. The summed E-state index contributed by atoms with van der Waals surface area (Å²) in [7, 11) is -3.20. The standard InChI is InChI=1S/C17H18BrNO4S/c1-11-8-13(18)9-12-4-3-7-19(16(11)12)17(20)15-6-5-14(23-15)10-24(2,21)22/h5-6,8-9H,3-4,7,10H2,1-2H3. The van der Waals surface area contributed by atoms with E-state index in [1.54, 1.807) is 17.0 Å². The highest BCUT2D eigenvalue weighted by Crippen LogP contribution is 2.34. The van der Waals surface area contributed by atoms with E-state index in [9.17, 15) is 13.2 Å². The monoisotopic (exact) mass is 411 g/mol. The van der Waals surface area contributed by atoms with Crippen molar-refractivity contribution in [3.05, 3.63) is 51.4 Å². The van der Waals surface area contributed by atoms with Gasteiger partial charge in [0.15, 0.2) is 15.6 Å². The molecule has 1 aliphatic heterocycles. The molecule has 128 valence electrons. The number of furan rings is 1. The molecule has 0 spiro atoms. The topological polar surface area (TPSA) is 67.6 Å². The van der Waals surface area contributed by atoms with Crippen LogP contribution in [-0.2, 0) is 22.0 Å². The van der Waals surface area contributed by atoms with E-state index in [0.29, 0.717) is 6.54 Å². The first kappa shape index (κ1) is 17.2. The Kier molecular flexibility index (Phi) is 4.57. The molecule has 0 aliphatic carbocycles. The Morgan fingerprint density at radius 2 is 2.08 bits per heavy atom. The lowest BCUT2D eigenvalue weighted by Gasteiger charge is -2.30. The highest BCUT2D eigenvalue weighted by Gasteiger charge is 2.27. The van der Waals surface area contributed by atoms with Crippen molar-refractivity contribution in [3.8, 4) is 0 Å². The van der Waals surface area contributed by atoms with Gasteiger partial charge in [0.05, 0.1) is 5.69 Å². The van der Waals surface area contributed by atoms with Crippen molar-refractivity contribution in [3.63, 3.8) is 0 Å². The molecular formula is C17H18BrNO4S. The molecule has 24 heavy (non-hydrogen) atoms. The summed E-state index contributed by atoms with van der Waals surface area (Å²) in [5.74, 6) is 0.0126. The van der Waals surface area contributed by atoms with Gasteiger partial charge in [-0.25, -0.2) is 8.42 Å². The molecule has 7 heteroatoms. The number of aryl methyl sites for hydroxylation is 2. The highest BCUT2D eigenvalue weighted by atomic mass is 79.9. The van der Waals surface area contributed by atoms with Gasteiger partial charge in [-0.1, -0.05) is 15.9 Å². The second kappa shape index (κ2) is 6.37. The molecule has 3 rings (SSSR count). The van der Waals surface area contributed by atoms with Gasteiger partial charge >= 0.3 is 0 Å². The van der Waals surface area contributed by atoms with Gasteiger partial charge < -0.3 is 9.32 Å². The summed E-state index contributed by atoms with van der Waals surface area (Å²) in [6.45, 7) is 2.60. The second-order valence-electron chi connectivity index (χ2n) is 6.13. The summed E-state index contributed by atoms with van der Waals surface area (Å²) in [6.07, 6.45) is 2.95. The van der Waals surface area contributed by atoms with Crippen molar-refractivity contribution in [1.82, 2.24) is 0 Å². The van der Waals surface area contributed by atoms with Crippen molar-refractivity contribution in [1.29, 1.82) is 0 Å². The van der Waals surface area contributed by atoms with Crippen LogP contribution in [0.2, 0.25) is 0 Å². The molecule has 1 aromatic heterocycles. The first-order valence-corrected chi connectivity index (χ1v) is 10.5. The molecule has 0 saturated carbocycles. The van der Waals surface area contributed by atoms with E-state index < -0.39 is 9.84 Å². The molecule has 0 atom stereocenters. The summed E-state index contributed by atoms with van der Waals surface area (Å²) >= 11 is 3.50. The van der Waals surface area contributed by atoms with Crippen LogP contribution in [0.1, 0.15) is 33.9 Å². The summed E-state index contributed by atoms with van der Waals surface area (Å²) in [5.41, 5.74) is 3.08. The zero-order valence-electron chi connectivity index (χ0n) is 13.5. The fraction of sp³-hybridized carbons (Fsp3) is 0.353. The maximum absolute atomic E-state index is 12.8. The normalized spacial score (nSPS) is 14.5. The minimum absolute atomic E-state index is 0.170. The van der Waals surface area contributed by atoms with Gasteiger partial charge in [0.1, 0.15) is 11.5 Å². The molecule has 1 aromatic carbocycles. The van der Waals surface area contributed by atoms with Gasteiger partial charge in [0, 0.05) is 17.3 Å². The lowest BCUT2D eigenvalue weighted by atomic mass is 9.98. The first-order chi connectivity index (χ1) is 11.2. The van der Waals surface area contributed by atoms with Gasteiger partial charge in [-0.3, -0.25) is 4.79 Å². The fourth-order valence-corrected chi connectivity index (χ4v) is 4.38. The van der Waals surface area contributed by atoms with Crippen molar-refractivity contribution in [2.24, 2.45) is 0 Å². The summed E-state index contributed by atoms with van der Waals surface area (Å²) < 4.78 is 29.2. The van der Waals surface area contributed by atoms with E-state index in [4.69, 9.17) is 4.42 Å². The molecule has 0 N–H and O–H groups in total. The van der Waals surface area contributed by atoms with Crippen molar-refractivity contribution in [2.45, 2.75) is 25.5 Å². The molecule has 0 unspecified atom stereocenters. The predicted molar refractivity (Wildman–Crippen MR) is 96.1 cm³/mol. The second-order valence-corrected chi connectivity index (χ2v) is 9.18. The number of anilines is 1. The van der Waals surface area contributed by atoms with Crippen molar-refractivity contribution >= 4 is 37.4 Å². The molecule has 1 aliphatic rings. The number of hydrogen-bond acceptors (Lipinski definition) is 4. The lowest BCUT2D eigenvalue weighted by Crippen LogP contribution is -2.36. The van der Waals surface area contributed by atoms with Crippen LogP contribution in [0.5, 0.6) is 0 Å². The van der Waals surface area contributed by atoms with Crippen LogP contribution in [0.25, 0.3) is 0 Å². The highest BCUT2D eigenvalue weighted by molar-refractivity contribution is 9.10. The number of carbonyl (C=O) groups is 1. The number of rotatable bonds is 3. The molecule has 1 amide bonds. The van der Waals surface area contributed by atoms with E-state index in [1.165, 1.54) is 0 Å². The number of carbonyl (C=O) groups excluding carboxylic acids is 1. The van der Waals surface area contributed by atoms with Gasteiger partial charge in [-0.2, -0.15) is 0 Å². The molecule has 2 aromatic rings. The maximum atomic E-state index is 12.8. The van der Waals surface area contributed by atoms with E-state index in [1.807, 2.05) is 19.1 Å². The van der Waals surface area contributed by atoms with E-state index in [0.717, 1.165) is 40.4 Å². The molecule has 0 saturated heterocycles. The Labute approximate surface area is 149 Å². The smallest absolute Gasteiger partial charge is 0.293 e.